The highest BCUT2D eigenvalue weighted by molar-refractivity contribution is 5.04. The number of aromatic nitrogens is 2. The molecule has 96 valence electrons. The van der Waals surface area contributed by atoms with Crippen LogP contribution in [0.25, 0.3) is 0 Å². The van der Waals surface area contributed by atoms with Gasteiger partial charge in [0.1, 0.15) is 0 Å². The minimum Gasteiger partial charge on any atom is -0.374 e. The van der Waals surface area contributed by atoms with Crippen molar-refractivity contribution >= 4 is 0 Å². The molecular formula is C12H22N4O. The molecule has 1 fully saturated rings. The van der Waals surface area contributed by atoms with Crippen LogP contribution in [-0.2, 0) is 18.2 Å². The average Bonchev–Trinajstić information content (AvgIpc) is 2.74. The summed E-state index contributed by atoms with van der Waals surface area (Å²) in [6, 6.07) is 0. The van der Waals surface area contributed by atoms with Gasteiger partial charge < -0.3 is 10.1 Å². The van der Waals surface area contributed by atoms with Crippen molar-refractivity contribution in [1.82, 2.24) is 20.0 Å². The van der Waals surface area contributed by atoms with E-state index < -0.39 is 0 Å². The Kier molecular flexibility index (Phi) is 4.53. The van der Waals surface area contributed by atoms with Gasteiger partial charge in [0, 0.05) is 39.4 Å². The van der Waals surface area contributed by atoms with Crippen molar-refractivity contribution in [1.29, 1.82) is 0 Å². The molecule has 0 spiro atoms. The van der Waals surface area contributed by atoms with Gasteiger partial charge in [-0.25, -0.2) is 0 Å². The van der Waals surface area contributed by atoms with Crippen LogP contribution in [0.2, 0.25) is 0 Å². The van der Waals surface area contributed by atoms with Crippen molar-refractivity contribution in [3.8, 4) is 0 Å². The molecule has 5 heteroatoms. The van der Waals surface area contributed by atoms with Crippen LogP contribution in [0.4, 0.5) is 0 Å². The predicted molar refractivity (Wildman–Crippen MR) is 67.0 cm³/mol. The van der Waals surface area contributed by atoms with Crippen LogP contribution < -0.4 is 5.32 Å². The molecule has 0 radical (unpaired) electrons. The van der Waals surface area contributed by atoms with Crippen LogP contribution >= 0.6 is 0 Å². The normalized spacial score (nSPS) is 21.9. The lowest BCUT2D eigenvalue weighted by Crippen LogP contribution is -2.46. The van der Waals surface area contributed by atoms with Gasteiger partial charge in [-0.3, -0.25) is 9.58 Å². The van der Waals surface area contributed by atoms with Crippen molar-refractivity contribution < 1.29 is 4.74 Å². The van der Waals surface area contributed by atoms with E-state index in [1.165, 1.54) is 5.56 Å². The highest BCUT2D eigenvalue weighted by Gasteiger charge is 2.19. The minimum absolute atomic E-state index is 0.336. The standard InChI is InChI=1S/C12H22N4O/c1-13-8-12-10-16(5-6-17-12)4-3-11-7-14-15(2)9-11/h7,9,12-13H,3-6,8,10H2,1-2H3. The lowest BCUT2D eigenvalue weighted by molar-refractivity contribution is -0.0258. The molecule has 1 N–H and O–H groups in total. The molecule has 1 aliphatic heterocycles. The van der Waals surface area contributed by atoms with E-state index in [0.717, 1.165) is 39.2 Å². The zero-order chi connectivity index (χ0) is 12.1. The molecule has 0 aromatic carbocycles. The van der Waals surface area contributed by atoms with Crippen molar-refractivity contribution in [2.75, 3.05) is 39.8 Å². The number of aryl methyl sites for hydroxylation is 1. The number of nitrogens with zero attached hydrogens (tertiary/aromatic N) is 3. The van der Waals surface area contributed by atoms with Crippen LogP contribution in [0, 0.1) is 0 Å². The molecule has 1 aliphatic rings. The van der Waals surface area contributed by atoms with Gasteiger partial charge in [0.15, 0.2) is 0 Å². The molecule has 0 aliphatic carbocycles. The van der Waals surface area contributed by atoms with Crippen molar-refractivity contribution in [3.05, 3.63) is 18.0 Å². The molecule has 1 aromatic heterocycles. The van der Waals surface area contributed by atoms with E-state index in [-0.39, 0.29) is 0 Å². The Morgan fingerprint density at radius 2 is 2.47 bits per heavy atom. The van der Waals surface area contributed by atoms with E-state index in [1.54, 1.807) is 0 Å². The minimum atomic E-state index is 0.336. The van der Waals surface area contributed by atoms with Crippen LogP contribution in [0.1, 0.15) is 5.56 Å². The van der Waals surface area contributed by atoms with E-state index in [0.29, 0.717) is 6.10 Å². The summed E-state index contributed by atoms with van der Waals surface area (Å²) in [6.45, 7) is 4.94. The number of likely N-dealkylation sites (N-methyl/N-ethyl adjacent to an activating group) is 1. The highest BCUT2D eigenvalue weighted by Crippen LogP contribution is 2.06. The largest absolute Gasteiger partial charge is 0.374 e. The van der Waals surface area contributed by atoms with Gasteiger partial charge in [-0.1, -0.05) is 0 Å². The Labute approximate surface area is 103 Å². The number of nitrogens with one attached hydrogen (secondary N) is 1. The summed E-state index contributed by atoms with van der Waals surface area (Å²) < 4.78 is 7.54. The molecule has 0 amide bonds. The topological polar surface area (TPSA) is 42.3 Å². The van der Waals surface area contributed by atoms with E-state index in [1.807, 2.05) is 25.0 Å². The quantitative estimate of drug-likeness (QED) is 0.777. The van der Waals surface area contributed by atoms with Crippen LogP contribution in [-0.4, -0.2) is 60.6 Å². The summed E-state index contributed by atoms with van der Waals surface area (Å²) in [6.07, 6.45) is 5.44. The monoisotopic (exact) mass is 238 g/mol. The fourth-order valence-corrected chi connectivity index (χ4v) is 2.22. The van der Waals surface area contributed by atoms with Crippen LogP contribution in [0.15, 0.2) is 12.4 Å². The van der Waals surface area contributed by atoms with Crippen LogP contribution in [0.5, 0.6) is 0 Å². The Hall–Kier alpha value is -0.910. The fourth-order valence-electron chi connectivity index (χ4n) is 2.22. The summed E-state index contributed by atoms with van der Waals surface area (Å²) in [5.74, 6) is 0. The van der Waals surface area contributed by atoms with E-state index in [2.05, 4.69) is 21.5 Å². The van der Waals surface area contributed by atoms with Gasteiger partial charge in [-0.05, 0) is 19.0 Å². The lowest BCUT2D eigenvalue weighted by Gasteiger charge is -2.32. The first kappa shape index (κ1) is 12.5. The van der Waals surface area contributed by atoms with Gasteiger partial charge >= 0.3 is 0 Å². The average molecular weight is 238 g/mol. The Balaban J connectivity index is 1.75. The summed E-state index contributed by atoms with van der Waals surface area (Å²) in [5, 5.41) is 7.36. The Morgan fingerprint density at radius 3 is 3.18 bits per heavy atom. The van der Waals surface area contributed by atoms with Crippen molar-refractivity contribution in [3.63, 3.8) is 0 Å². The first-order valence-electron chi connectivity index (χ1n) is 6.24. The second kappa shape index (κ2) is 6.14. The zero-order valence-corrected chi connectivity index (χ0v) is 10.7. The second-order valence-corrected chi connectivity index (χ2v) is 4.62. The summed E-state index contributed by atoms with van der Waals surface area (Å²) in [5.41, 5.74) is 1.31. The number of ether oxygens (including phenoxy) is 1. The van der Waals surface area contributed by atoms with Gasteiger partial charge in [0.05, 0.1) is 18.9 Å². The molecule has 1 atom stereocenters. The maximum Gasteiger partial charge on any atom is 0.0826 e. The highest BCUT2D eigenvalue weighted by atomic mass is 16.5. The fraction of sp³-hybridized carbons (Fsp3) is 0.750. The summed E-state index contributed by atoms with van der Waals surface area (Å²) in [7, 11) is 3.93. The van der Waals surface area contributed by atoms with E-state index >= 15 is 0 Å². The van der Waals surface area contributed by atoms with Gasteiger partial charge in [-0.15, -0.1) is 0 Å². The maximum absolute atomic E-state index is 5.68. The third kappa shape index (κ3) is 3.80. The number of morpholine rings is 1. The Bertz CT molecular complexity index is 337. The molecule has 1 unspecified atom stereocenters. The van der Waals surface area contributed by atoms with Gasteiger partial charge in [0.25, 0.3) is 0 Å². The van der Waals surface area contributed by atoms with Gasteiger partial charge in [0.2, 0.25) is 0 Å². The SMILES string of the molecule is CNCC1CN(CCc2cnn(C)c2)CCO1. The molecule has 2 heterocycles. The lowest BCUT2D eigenvalue weighted by atomic mass is 10.2. The first-order valence-corrected chi connectivity index (χ1v) is 6.24. The number of rotatable bonds is 5. The molecule has 0 bridgehead atoms. The predicted octanol–water partition coefficient (Wildman–Crippen LogP) is -0.117. The smallest absolute Gasteiger partial charge is 0.0826 e. The number of hydrogen-bond acceptors (Lipinski definition) is 4. The first-order chi connectivity index (χ1) is 8.28. The van der Waals surface area contributed by atoms with Crippen molar-refractivity contribution in [2.24, 2.45) is 7.05 Å². The summed E-state index contributed by atoms with van der Waals surface area (Å²) in [4.78, 5) is 2.47. The second-order valence-electron chi connectivity index (χ2n) is 4.62. The Morgan fingerprint density at radius 1 is 1.59 bits per heavy atom. The molecule has 5 nitrogen and oxygen atoms in total. The van der Waals surface area contributed by atoms with E-state index in [9.17, 15) is 0 Å². The molecule has 17 heavy (non-hydrogen) atoms. The van der Waals surface area contributed by atoms with Crippen molar-refractivity contribution in [2.45, 2.75) is 12.5 Å². The molecule has 1 saturated heterocycles. The molecule has 1 aromatic rings. The molecule has 0 saturated carbocycles. The zero-order valence-electron chi connectivity index (χ0n) is 10.7. The summed E-state index contributed by atoms with van der Waals surface area (Å²) >= 11 is 0. The van der Waals surface area contributed by atoms with E-state index in [4.69, 9.17) is 4.74 Å². The third-order valence-electron chi connectivity index (χ3n) is 3.13. The van der Waals surface area contributed by atoms with Gasteiger partial charge in [-0.2, -0.15) is 5.10 Å². The number of hydrogen-bond donors (Lipinski definition) is 1. The third-order valence-corrected chi connectivity index (χ3v) is 3.13. The molecular weight excluding hydrogens is 216 g/mol. The maximum atomic E-state index is 5.68. The molecule has 2 rings (SSSR count). The van der Waals surface area contributed by atoms with Crippen LogP contribution in [0.3, 0.4) is 0 Å².